The Kier molecular flexibility index (Phi) is 4.93. The van der Waals surface area contributed by atoms with Gasteiger partial charge in [-0.2, -0.15) is 0 Å². The highest BCUT2D eigenvalue weighted by atomic mass is 16.1. The molecule has 2 N–H and O–H groups in total. The van der Waals surface area contributed by atoms with E-state index in [4.69, 9.17) is 0 Å². The predicted octanol–water partition coefficient (Wildman–Crippen LogP) is 1.88. The van der Waals surface area contributed by atoms with Crippen LogP contribution in [-0.4, -0.2) is 37.1 Å². The fourth-order valence-electron chi connectivity index (χ4n) is 2.23. The fraction of sp³-hybridized carbons (Fsp3) is 0.438. The topological polar surface area (TPSA) is 48.1 Å². The number of fused-ring (bicyclic) bond motifs is 1. The van der Waals surface area contributed by atoms with E-state index in [2.05, 4.69) is 41.4 Å². The van der Waals surface area contributed by atoms with Crippen LogP contribution in [0.3, 0.4) is 0 Å². The summed E-state index contributed by atoms with van der Waals surface area (Å²) >= 11 is 0. The molecule has 0 bridgehead atoms. The van der Waals surface area contributed by atoms with E-state index >= 15 is 0 Å². The number of hydrogen-bond donors (Lipinski definition) is 2. The van der Waals surface area contributed by atoms with E-state index in [1.165, 1.54) is 0 Å². The molecule has 0 saturated heterocycles. The zero-order valence-electron chi connectivity index (χ0n) is 12.5. The van der Waals surface area contributed by atoms with Crippen LogP contribution >= 0.6 is 0 Å². The van der Waals surface area contributed by atoms with Gasteiger partial charge < -0.3 is 15.2 Å². The van der Waals surface area contributed by atoms with Gasteiger partial charge in [0.1, 0.15) is 0 Å². The molecule has 2 rings (SSSR count). The summed E-state index contributed by atoms with van der Waals surface area (Å²) in [4.78, 5) is 17.1. The Morgan fingerprint density at radius 1 is 1.25 bits per heavy atom. The molecular formula is C16H23N3O. The predicted molar refractivity (Wildman–Crippen MR) is 84.2 cm³/mol. The molecule has 4 heteroatoms. The van der Waals surface area contributed by atoms with E-state index in [9.17, 15) is 4.79 Å². The third-order valence-electron chi connectivity index (χ3n) is 3.35. The van der Waals surface area contributed by atoms with Crippen LogP contribution in [-0.2, 0) is 6.54 Å². The molecule has 0 amide bonds. The van der Waals surface area contributed by atoms with Gasteiger partial charge in [-0.15, -0.1) is 0 Å². The van der Waals surface area contributed by atoms with Crippen LogP contribution in [0.1, 0.15) is 17.5 Å². The molecule has 0 spiro atoms. The Balaban J connectivity index is 2.01. The summed E-state index contributed by atoms with van der Waals surface area (Å²) in [6.07, 6.45) is 1.08. The maximum atomic E-state index is 12.0. The first kappa shape index (κ1) is 14.8. The minimum Gasteiger partial charge on any atom is -0.322 e. The van der Waals surface area contributed by atoms with Crippen LogP contribution < -0.4 is 10.9 Å². The van der Waals surface area contributed by atoms with Gasteiger partial charge in [0.05, 0.1) is 0 Å². The van der Waals surface area contributed by atoms with Crippen LogP contribution in [0.2, 0.25) is 0 Å². The van der Waals surface area contributed by atoms with Crippen molar-refractivity contribution >= 4 is 10.9 Å². The molecule has 108 valence electrons. The minimum atomic E-state index is 0.00297. The number of rotatable bonds is 6. The summed E-state index contributed by atoms with van der Waals surface area (Å²) in [5.74, 6) is 0. The summed E-state index contributed by atoms with van der Waals surface area (Å²) in [7, 11) is 4.13. The molecule has 0 atom stereocenters. The van der Waals surface area contributed by atoms with Gasteiger partial charge in [-0.3, -0.25) is 4.79 Å². The molecule has 0 unspecified atom stereocenters. The second kappa shape index (κ2) is 6.68. The van der Waals surface area contributed by atoms with E-state index in [1.54, 1.807) is 0 Å². The maximum Gasteiger partial charge on any atom is 0.252 e. The second-order valence-corrected chi connectivity index (χ2v) is 5.55. The molecule has 0 fully saturated rings. The molecule has 0 aliphatic rings. The third-order valence-corrected chi connectivity index (χ3v) is 3.35. The number of H-pyrrole nitrogens is 1. The Labute approximate surface area is 119 Å². The Morgan fingerprint density at radius 3 is 2.80 bits per heavy atom. The van der Waals surface area contributed by atoms with Crippen molar-refractivity contribution in [2.75, 3.05) is 27.2 Å². The van der Waals surface area contributed by atoms with E-state index in [1.807, 2.05) is 19.1 Å². The Hall–Kier alpha value is -1.65. The number of benzene rings is 1. The van der Waals surface area contributed by atoms with Gasteiger partial charge in [-0.25, -0.2) is 0 Å². The van der Waals surface area contributed by atoms with Gasteiger partial charge in [0.2, 0.25) is 0 Å². The lowest BCUT2D eigenvalue weighted by molar-refractivity contribution is 0.394. The first-order valence-electron chi connectivity index (χ1n) is 7.04. The largest absolute Gasteiger partial charge is 0.322 e. The highest BCUT2D eigenvalue weighted by Gasteiger charge is 2.03. The van der Waals surface area contributed by atoms with Crippen LogP contribution in [0.25, 0.3) is 10.9 Å². The molecule has 1 aromatic carbocycles. The van der Waals surface area contributed by atoms with Crippen LogP contribution in [0, 0.1) is 6.92 Å². The van der Waals surface area contributed by atoms with Crippen molar-refractivity contribution in [2.45, 2.75) is 19.9 Å². The Morgan fingerprint density at radius 2 is 2.05 bits per heavy atom. The maximum absolute atomic E-state index is 12.0. The molecule has 0 radical (unpaired) electrons. The number of nitrogens with one attached hydrogen (secondary N) is 2. The van der Waals surface area contributed by atoms with Crippen molar-refractivity contribution in [2.24, 2.45) is 0 Å². The SMILES string of the molecule is Cc1ccc2cc(CNCCCN(C)C)c(=O)[nH]c2c1. The smallest absolute Gasteiger partial charge is 0.252 e. The van der Waals surface area contributed by atoms with Gasteiger partial charge >= 0.3 is 0 Å². The average Bonchev–Trinajstić information content (AvgIpc) is 2.38. The monoisotopic (exact) mass is 273 g/mol. The summed E-state index contributed by atoms with van der Waals surface area (Å²) in [6, 6.07) is 8.10. The van der Waals surface area contributed by atoms with Crippen LogP contribution in [0.4, 0.5) is 0 Å². The first-order chi connectivity index (χ1) is 9.56. The van der Waals surface area contributed by atoms with Gasteiger partial charge in [0.15, 0.2) is 0 Å². The van der Waals surface area contributed by atoms with Crippen molar-refractivity contribution in [1.29, 1.82) is 0 Å². The quantitative estimate of drug-likeness (QED) is 0.790. The lowest BCUT2D eigenvalue weighted by atomic mass is 10.1. The summed E-state index contributed by atoms with van der Waals surface area (Å²) < 4.78 is 0. The molecule has 2 aromatic rings. The van der Waals surface area contributed by atoms with Crippen LogP contribution in [0.15, 0.2) is 29.1 Å². The zero-order chi connectivity index (χ0) is 14.5. The number of aromatic amines is 1. The fourth-order valence-corrected chi connectivity index (χ4v) is 2.23. The molecule has 0 saturated carbocycles. The molecule has 0 aliphatic heterocycles. The highest BCUT2D eigenvalue weighted by Crippen LogP contribution is 2.12. The van der Waals surface area contributed by atoms with E-state index in [-0.39, 0.29) is 5.56 Å². The highest BCUT2D eigenvalue weighted by molar-refractivity contribution is 5.79. The molecule has 4 nitrogen and oxygen atoms in total. The number of hydrogen-bond acceptors (Lipinski definition) is 3. The van der Waals surface area contributed by atoms with Crippen molar-refractivity contribution in [3.8, 4) is 0 Å². The van der Waals surface area contributed by atoms with Crippen LogP contribution in [0.5, 0.6) is 0 Å². The Bertz CT molecular complexity index is 631. The van der Waals surface area contributed by atoms with E-state index in [0.717, 1.165) is 41.5 Å². The van der Waals surface area contributed by atoms with E-state index < -0.39 is 0 Å². The normalized spacial score (nSPS) is 11.4. The van der Waals surface area contributed by atoms with Gasteiger partial charge in [-0.05, 0) is 63.6 Å². The van der Waals surface area contributed by atoms with Gasteiger partial charge in [0, 0.05) is 17.6 Å². The molecule has 20 heavy (non-hydrogen) atoms. The van der Waals surface area contributed by atoms with Gasteiger partial charge in [-0.1, -0.05) is 12.1 Å². The number of aryl methyl sites for hydroxylation is 1. The number of aromatic nitrogens is 1. The number of pyridine rings is 1. The lowest BCUT2D eigenvalue weighted by Gasteiger charge is -2.10. The van der Waals surface area contributed by atoms with Crippen molar-refractivity contribution in [1.82, 2.24) is 15.2 Å². The second-order valence-electron chi connectivity index (χ2n) is 5.55. The van der Waals surface area contributed by atoms with Crippen molar-refractivity contribution < 1.29 is 0 Å². The van der Waals surface area contributed by atoms with Crippen molar-refractivity contribution in [3.63, 3.8) is 0 Å². The van der Waals surface area contributed by atoms with Crippen molar-refractivity contribution in [3.05, 3.63) is 45.7 Å². The lowest BCUT2D eigenvalue weighted by Crippen LogP contribution is -2.24. The summed E-state index contributed by atoms with van der Waals surface area (Å²) in [5.41, 5.74) is 2.86. The third kappa shape index (κ3) is 3.92. The molecule has 0 aliphatic carbocycles. The summed E-state index contributed by atoms with van der Waals surface area (Å²) in [6.45, 7) is 4.62. The molecule has 1 aromatic heterocycles. The summed E-state index contributed by atoms with van der Waals surface area (Å²) in [5, 5.41) is 4.41. The number of nitrogens with zero attached hydrogens (tertiary/aromatic N) is 1. The average molecular weight is 273 g/mol. The van der Waals surface area contributed by atoms with E-state index in [0.29, 0.717) is 6.54 Å². The first-order valence-corrected chi connectivity index (χ1v) is 7.04. The zero-order valence-corrected chi connectivity index (χ0v) is 12.5. The molecular weight excluding hydrogens is 250 g/mol. The van der Waals surface area contributed by atoms with Gasteiger partial charge in [0.25, 0.3) is 5.56 Å². The minimum absolute atomic E-state index is 0.00297. The molecule has 1 heterocycles. The standard InChI is InChI=1S/C16H23N3O/c1-12-5-6-13-10-14(16(20)18-15(13)9-12)11-17-7-4-8-19(2)3/h5-6,9-10,17H,4,7-8,11H2,1-3H3,(H,18,20).